The van der Waals surface area contributed by atoms with Gasteiger partial charge in [0.2, 0.25) is 6.41 Å². The molecule has 0 aliphatic heterocycles. The minimum absolute atomic E-state index is 0.0500. The van der Waals surface area contributed by atoms with Gasteiger partial charge in [-0.2, -0.15) is 13.2 Å². The van der Waals surface area contributed by atoms with Crippen LogP contribution in [0, 0.1) is 5.82 Å². The Morgan fingerprint density at radius 1 is 1.14 bits per heavy atom. The number of carbonyl (C=O) groups excluding carboxylic acids is 1. The maximum atomic E-state index is 14.1. The number of carbonyl (C=O) groups is 1. The fourth-order valence-electron chi connectivity index (χ4n) is 3.37. The maximum absolute atomic E-state index is 14.1. The monoisotopic (exact) mass is 449 g/mol. The molecular weight excluding hydrogens is 436 g/mol. The number of amides is 1. The van der Waals surface area contributed by atoms with Gasteiger partial charge in [-0.05, 0) is 34.4 Å². The number of halogens is 7. The van der Waals surface area contributed by atoms with Gasteiger partial charge in [0.1, 0.15) is 6.17 Å². The second-order valence-corrected chi connectivity index (χ2v) is 7.43. The third kappa shape index (κ3) is 4.56. The first-order valence-corrected chi connectivity index (χ1v) is 9.23. The van der Waals surface area contributed by atoms with E-state index in [9.17, 15) is 26.7 Å². The van der Waals surface area contributed by atoms with Crippen molar-refractivity contribution in [3.8, 4) is 0 Å². The summed E-state index contributed by atoms with van der Waals surface area (Å²) in [7, 11) is 0. The zero-order valence-electron chi connectivity index (χ0n) is 14.6. The minimum atomic E-state index is -4.67. The van der Waals surface area contributed by atoms with Crippen molar-refractivity contribution in [3.63, 3.8) is 0 Å². The van der Waals surface area contributed by atoms with Crippen molar-refractivity contribution in [2.75, 3.05) is 0 Å². The summed E-state index contributed by atoms with van der Waals surface area (Å²) in [6, 6.07) is 5.68. The Balaban J connectivity index is 1.92. The molecule has 0 spiro atoms. The Labute approximate surface area is 173 Å². The molecule has 0 bridgehead atoms. The summed E-state index contributed by atoms with van der Waals surface area (Å²) in [5.41, 5.74) is 1.32. The Hall–Kier alpha value is -2.12. The molecule has 3 unspecified atom stereocenters. The highest BCUT2D eigenvalue weighted by atomic mass is 35.5. The lowest BCUT2D eigenvalue weighted by atomic mass is 9.96. The molecule has 1 aliphatic rings. The molecule has 0 radical (unpaired) electrons. The van der Waals surface area contributed by atoms with E-state index in [1.165, 1.54) is 12.1 Å². The van der Waals surface area contributed by atoms with Gasteiger partial charge in [-0.1, -0.05) is 53.6 Å². The van der Waals surface area contributed by atoms with Gasteiger partial charge in [-0.25, -0.2) is 8.78 Å². The number of fused-ring (bicyclic) bond motifs is 1. The van der Waals surface area contributed by atoms with Crippen molar-refractivity contribution in [1.29, 1.82) is 0 Å². The first-order chi connectivity index (χ1) is 13.6. The van der Waals surface area contributed by atoms with Gasteiger partial charge in [-0.15, -0.1) is 0 Å². The number of rotatable bonds is 5. The number of nitrogens with one attached hydrogen (secondary N) is 1. The third-order valence-electron chi connectivity index (χ3n) is 4.73. The van der Waals surface area contributed by atoms with Gasteiger partial charge < -0.3 is 5.32 Å². The molecule has 0 saturated carbocycles. The molecule has 3 rings (SSSR count). The van der Waals surface area contributed by atoms with E-state index < -0.39 is 40.2 Å². The zero-order chi connectivity index (χ0) is 21.3. The topological polar surface area (TPSA) is 29.1 Å². The Kier molecular flexibility index (Phi) is 6.19. The molecule has 29 heavy (non-hydrogen) atoms. The summed E-state index contributed by atoms with van der Waals surface area (Å²) in [5.74, 6) is -3.05. The number of allylic oxidation sites excluding steroid dienone is 1. The molecule has 0 heterocycles. The van der Waals surface area contributed by atoms with Crippen LogP contribution in [-0.2, 0) is 11.2 Å². The van der Waals surface area contributed by atoms with Crippen LogP contribution < -0.4 is 5.32 Å². The predicted octanol–water partition coefficient (Wildman–Crippen LogP) is 6.17. The van der Waals surface area contributed by atoms with Crippen LogP contribution in [0.15, 0.2) is 36.4 Å². The number of hydrogen-bond donors (Lipinski definition) is 1. The molecule has 9 heteroatoms. The van der Waals surface area contributed by atoms with Crippen LogP contribution in [-0.4, -0.2) is 18.8 Å². The first-order valence-electron chi connectivity index (χ1n) is 8.47. The smallest absolute Gasteiger partial charge is 0.349 e. The van der Waals surface area contributed by atoms with Crippen molar-refractivity contribution >= 4 is 35.7 Å². The summed E-state index contributed by atoms with van der Waals surface area (Å²) in [6.07, 6.45) is -3.36. The van der Waals surface area contributed by atoms with Gasteiger partial charge in [0.15, 0.2) is 5.82 Å². The highest BCUT2D eigenvalue weighted by Gasteiger charge is 2.39. The van der Waals surface area contributed by atoms with Gasteiger partial charge >= 0.3 is 6.18 Å². The normalized spacial score (nSPS) is 20.0. The van der Waals surface area contributed by atoms with Crippen LogP contribution >= 0.6 is 23.2 Å². The van der Waals surface area contributed by atoms with E-state index in [2.05, 4.69) is 5.32 Å². The quantitative estimate of drug-likeness (QED) is 0.330. The Bertz CT molecular complexity index is 937. The second kappa shape index (κ2) is 8.32. The highest BCUT2D eigenvalue weighted by Crippen LogP contribution is 2.40. The molecular formula is C20H14Cl2F5NO. The summed E-state index contributed by atoms with van der Waals surface area (Å²) in [6.45, 7) is 0. The van der Waals surface area contributed by atoms with Gasteiger partial charge in [0.25, 0.3) is 0 Å². The van der Waals surface area contributed by atoms with E-state index in [1.54, 1.807) is 12.1 Å². The lowest BCUT2D eigenvalue weighted by Gasteiger charge is -2.18. The van der Waals surface area contributed by atoms with E-state index in [0.717, 1.165) is 18.2 Å². The van der Waals surface area contributed by atoms with Crippen LogP contribution in [0.3, 0.4) is 0 Å². The standard InChI is InChI=1S/C20H14Cl2F5NO/c21-15-6-12(7-16(22)18(15)24)14(20(25,26)27)4-2-10-1-3-13-11(5-10)8-17(23)19(13)28-9-29/h1-7,9,14,17,19H,8H2,(H,28,29)/b4-2+. The molecule has 3 atom stereocenters. The summed E-state index contributed by atoms with van der Waals surface area (Å²) >= 11 is 11.3. The zero-order valence-corrected chi connectivity index (χ0v) is 16.1. The molecule has 154 valence electrons. The molecule has 1 N–H and O–H groups in total. The largest absolute Gasteiger partial charge is 0.399 e. The maximum Gasteiger partial charge on any atom is 0.399 e. The molecule has 2 nitrogen and oxygen atoms in total. The van der Waals surface area contributed by atoms with Crippen molar-refractivity contribution in [2.45, 2.75) is 30.7 Å². The van der Waals surface area contributed by atoms with E-state index in [4.69, 9.17) is 23.2 Å². The Morgan fingerprint density at radius 3 is 2.38 bits per heavy atom. The van der Waals surface area contributed by atoms with Gasteiger partial charge in [-0.3, -0.25) is 4.79 Å². The summed E-state index contributed by atoms with van der Waals surface area (Å²) in [5, 5.41) is 1.39. The van der Waals surface area contributed by atoms with Crippen LogP contribution in [0.2, 0.25) is 10.0 Å². The third-order valence-corrected chi connectivity index (χ3v) is 5.28. The SMILES string of the molecule is O=CNC1c2ccc(/C=C/C(c3cc(Cl)c(F)c(Cl)c3)C(F)(F)F)cc2CC1F. The fraction of sp³-hybridized carbons (Fsp3) is 0.250. The van der Waals surface area contributed by atoms with Crippen molar-refractivity contribution in [2.24, 2.45) is 0 Å². The molecule has 2 aromatic carbocycles. The highest BCUT2D eigenvalue weighted by molar-refractivity contribution is 6.35. The van der Waals surface area contributed by atoms with Crippen molar-refractivity contribution in [1.82, 2.24) is 5.32 Å². The molecule has 1 amide bonds. The van der Waals surface area contributed by atoms with Crippen molar-refractivity contribution < 1.29 is 26.7 Å². The molecule has 0 aromatic heterocycles. The van der Waals surface area contributed by atoms with Gasteiger partial charge in [0.05, 0.1) is 22.0 Å². The lowest BCUT2D eigenvalue weighted by molar-refractivity contribution is -0.139. The lowest BCUT2D eigenvalue weighted by Crippen LogP contribution is -2.24. The van der Waals surface area contributed by atoms with Crippen LogP contribution in [0.4, 0.5) is 22.0 Å². The first kappa shape index (κ1) is 21.6. The summed E-state index contributed by atoms with van der Waals surface area (Å²) < 4.78 is 68.3. The second-order valence-electron chi connectivity index (χ2n) is 6.62. The van der Waals surface area contributed by atoms with Crippen LogP contribution in [0.5, 0.6) is 0 Å². The predicted molar refractivity (Wildman–Crippen MR) is 101 cm³/mol. The molecule has 0 saturated heterocycles. The average molecular weight is 450 g/mol. The van der Waals surface area contributed by atoms with Crippen molar-refractivity contribution in [3.05, 3.63) is 74.5 Å². The van der Waals surface area contributed by atoms with E-state index in [-0.39, 0.29) is 12.0 Å². The van der Waals surface area contributed by atoms with Gasteiger partial charge in [0, 0.05) is 6.42 Å². The number of alkyl halides is 4. The number of benzene rings is 2. The van der Waals surface area contributed by atoms with E-state index in [0.29, 0.717) is 23.1 Å². The molecule has 1 aliphatic carbocycles. The van der Waals surface area contributed by atoms with Crippen LogP contribution in [0.25, 0.3) is 6.08 Å². The Morgan fingerprint density at radius 2 is 1.79 bits per heavy atom. The minimum Gasteiger partial charge on any atom is -0.349 e. The fourth-order valence-corrected chi connectivity index (χ4v) is 3.87. The van der Waals surface area contributed by atoms with Crippen LogP contribution in [0.1, 0.15) is 34.2 Å². The molecule has 2 aromatic rings. The summed E-state index contributed by atoms with van der Waals surface area (Å²) in [4.78, 5) is 10.6. The average Bonchev–Trinajstić information content (AvgIpc) is 2.94. The van der Waals surface area contributed by atoms with E-state index >= 15 is 0 Å². The van der Waals surface area contributed by atoms with E-state index in [1.807, 2.05) is 0 Å². The molecule has 0 fully saturated rings. The number of hydrogen-bond acceptors (Lipinski definition) is 1.